The molecular formula is C19H13N5O3. The SMILES string of the molecule is c1ccc(-c2noc(-c3cncnc3Nc3ccc4c(c3)OCO4)n2)cc1. The second-order valence-corrected chi connectivity index (χ2v) is 5.77. The summed E-state index contributed by atoms with van der Waals surface area (Å²) in [6.45, 7) is 0.224. The van der Waals surface area contributed by atoms with Gasteiger partial charge in [0.15, 0.2) is 11.5 Å². The molecule has 2 aromatic carbocycles. The molecule has 5 rings (SSSR count). The van der Waals surface area contributed by atoms with Gasteiger partial charge in [-0.3, -0.25) is 0 Å². The van der Waals surface area contributed by atoms with Gasteiger partial charge in [0, 0.05) is 23.5 Å². The van der Waals surface area contributed by atoms with Crippen LogP contribution in [0, 0.1) is 0 Å². The Morgan fingerprint density at radius 1 is 0.963 bits per heavy atom. The van der Waals surface area contributed by atoms with E-state index in [1.165, 1.54) is 6.33 Å². The lowest BCUT2D eigenvalue weighted by molar-refractivity contribution is 0.174. The van der Waals surface area contributed by atoms with Crippen molar-refractivity contribution in [1.82, 2.24) is 20.1 Å². The van der Waals surface area contributed by atoms with E-state index in [9.17, 15) is 0 Å². The van der Waals surface area contributed by atoms with Crippen LogP contribution in [0.4, 0.5) is 11.5 Å². The first-order valence-electron chi connectivity index (χ1n) is 8.23. The van der Waals surface area contributed by atoms with E-state index in [1.54, 1.807) is 6.20 Å². The molecule has 1 N–H and O–H groups in total. The van der Waals surface area contributed by atoms with Gasteiger partial charge in [-0.25, -0.2) is 9.97 Å². The van der Waals surface area contributed by atoms with E-state index in [0.717, 1.165) is 11.3 Å². The molecule has 8 heteroatoms. The maximum absolute atomic E-state index is 5.43. The summed E-state index contributed by atoms with van der Waals surface area (Å²) in [5.41, 5.74) is 2.27. The molecule has 0 saturated carbocycles. The molecule has 27 heavy (non-hydrogen) atoms. The molecule has 0 bridgehead atoms. The predicted molar refractivity (Wildman–Crippen MR) is 96.6 cm³/mol. The highest BCUT2D eigenvalue weighted by atomic mass is 16.7. The number of fused-ring (bicyclic) bond motifs is 1. The highest BCUT2D eigenvalue weighted by Gasteiger charge is 2.17. The quantitative estimate of drug-likeness (QED) is 0.590. The van der Waals surface area contributed by atoms with Crippen LogP contribution in [0.2, 0.25) is 0 Å². The van der Waals surface area contributed by atoms with Gasteiger partial charge in [-0.05, 0) is 12.1 Å². The zero-order valence-corrected chi connectivity index (χ0v) is 14.0. The Labute approximate surface area is 153 Å². The highest BCUT2D eigenvalue weighted by molar-refractivity contribution is 5.74. The molecule has 3 heterocycles. The molecule has 0 radical (unpaired) electrons. The van der Waals surface area contributed by atoms with Gasteiger partial charge in [-0.1, -0.05) is 35.5 Å². The fraction of sp³-hybridized carbons (Fsp3) is 0.0526. The summed E-state index contributed by atoms with van der Waals surface area (Å²) in [7, 11) is 0. The fourth-order valence-corrected chi connectivity index (χ4v) is 2.73. The number of nitrogens with one attached hydrogen (secondary N) is 1. The first kappa shape index (κ1) is 15.3. The number of hydrogen-bond donors (Lipinski definition) is 1. The summed E-state index contributed by atoms with van der Waals surface area (Å²) in [6, 6.07) is 15.2. The first-order chi connectivity index (χ1) is 13.4. The number of hydrogen-bond acceptors (Lipinski definition) is 8. The van der Waals surface area contributed by atoms with Crippen molar-refractivity contribution < 1.29 is 14.0 Å². The van der Waals surface area contributed by atoms with E-state index in [-0.39, 0.29) is 6.79 Å². The van der Waals surface area contributed by atoms with E-state index < -0.39 is 0 Å². The molecule has 0 atom stereocenters. The molecule has 0 aliphatic carbocycles. The molecule has 1 aliphatic heterocycles. The van der Waals surface area contributed by atoms with E-state index in [4.69, 9.17) is 14.0 Å². The Kier molecular flexibility index (Phi) is 3.64. The van der Waals surface area contributed by atoms with E-state index in [2.05, 4.69) is 25.4 Å². The van der Waals surface area contributed by atoms with Gasteiger partial charge in [0.05, 0.1) is 0 Å². The molecule has 0 fully saturated rings. The van der Waals surface area contributed by atoms with Crippen molar-refractivity contribution in [2.24, 2.45) is 0 Å². The molecule has 2 aromatic heterocycles. The van der Waals surface area contributed by atoms with E-state index in [1.807, 2.05) is 48.5 Å². The summed E-state index contributed by atoms with van der Waals surface area (Å²) in [5, 5.41) is 7.29. The average Bonchev–Trinajstić information content (AvgIpc) is 3.38. The third kappa shape index (κ3) is 2.93. The smallest absolute Gasteiger partial charge is 0.263 e. The Balaban J connectivity index is 1.47. The Hall–Kier alpha value is -3.94. The van der Waals surface area contributed by atoms with Crippen molar-refractivity contribution in [2.45, 2.75) is 0 Å². The second kappa shape index (κ2) is 6.41. The van der Waals surface area contributed by atoms with Crippen molar-refractivity contribution in [3.8, 4) is 34.3 Å². The van der Waals surface area contributed by atoms with Gasteiger partial charge in [0.1, 0.15) is 17.7 Å². The number of rotatable bonds is 4. The van der Waals surface area contributed by atoms with Crippen LogP contribution in [0.1, 0.15) is 0 Å². The normalized spacial score (nSPS) is 12.1. The average molecular weight is 359 g/mol. The number of aromatic nitrogens is 4. The number of benzene rings is 2. The van der Waals surface area contributed by atoms with Crippen molar-refractivity contribution in [3.05, 3.63) is 61.1 Å². The van der Waals surface area contributed by atoms with Crippen LogP contribution >= 0.6 is 0 Å². The summed E-state index contributed by atoms with van der Waals surface area (Å²) in [4.78, 5) is 12.9. The maximum Gasteiger partial charge on any atom is 0.263 e. The third-order valence-electron chi connectivity index (χ3n) is 4.04. The van der Waals surface area contributed by atoms with Crippen LogP contribution in [-0.4, -0.2) is 26.9 Å². The van der Waals surface area contributed by atoms with Crippen LogP contribution < -0.4 is 14.8 Å². The number of anilines is 2. The van der Waals surface area contributed by atoms with Gasteiger partial charge >= 0.3 is 0 Å². The lowest BCUT2D eigenvalue weighted by Crippen LogP contribution is -1.97. The van der Waals surface area contributed by atoms with Gasteiger partial charge in [0.2, 0.25) is 12.6 Å². The van der Waals surface area contributed by atoms with Crippen LogP contribution in [0.5, 0.6) is 11.5 Å². The minimum absolute atomic E-state index is 0.224. The largest absolute Gasteiger partial charge is 0.454 e. The van der Waals surface area contributed by atoms with Gasteiger partial charge in [-0.2, -0.15) is 4.98 Å². The van der Waals surface area contributed by atoms with Crippen LogP contribution in [0.25, 0.3) is 22.8 Å². The Morgan fingerprint density at radius 2 is 1.85 bits per heavy atom. The molecule has 0 spiro atoms. The molecule has 1 aliphatic rings. The molecule has 132 valence electrons. The standard InChI is InChI=1S/C19H13N5O3/c1-2-4-12(5-3-1)17-23-19(27-24-17)14-9-20-10-21-18(14)22-13-6-7-15-16(8-13)26-11-25-15/h1-10H,11H2,(H,20,21,22). The van der Waals surface area contributed by atoms with Crippen LogP contribution in [0.15, 0.2) is 65.6 Å². The van der Waals surface area contributed by atoms with Gasteiger partial charge in [0.25, 0.3) is 5.89 Å². The second-order valence-electron chi connectivity index (χ2n) is 5.77. The topological polar surface area (TPSA) is 95.2 Å². The Morgan fingerprint density at radius 3 is 2.78 bits per heavy atom. The van der Waals surface area contributed by atoms with Crippen molar-refractivity contribution in [2.75, 3.05) is 12.1 Å². The van der Waals surface area contributed by atoms with Crippen molar-refractivity contribution in [3.63, 3.8) is 0 Å². The molecule has 0 saturated heterocycles. The lowest BCUT2D eigenvalue weighted by atomic mass is 10.2. The summed E-state index contributed by atoms with van der Waals surface area (Å²) in [5.74, 6) is 2.78. The van der Waals surface area contributed by atoms with Gasteiger partial charge in [-0.15, -0.1) is 0 Å². The number of ether oxygens (including phenoxy) is 2. The van der Waals surface area contributed by atoms with Gasteiger partial charge < -0.3 is 19.3 Å². The summed E-state index contributed by atoms with van der Waals surface area (Å²) >= 11 is 0. The highest BCUT2D eigenvalue weighted by Crippen LogP contribution is 2.36. The van der Waals surface area contributed by atoms with Crippen molar-refractivity contribution in [1.29, 1.82) is 0 Å². The molecular weight excluding hydrogens is 346 g/mol. The fourth-order valence-electron chi connectivity index (χ4n) is 2.73. The first-order valence-corrected chi connectivity index (χ1v) is 8.23. The monoisotopic (exact) mass is 359 g/mol. The molecule has 4 aromatic rings. The maximum atomic E-state index is 5.43. The summed E-state index contributed by atoms with van der Waals surface area (Å²) in [6.07, 6.45) is 3.08. The summed E-state index contributed by atoms with van der Waals surface area (Å²) < 4.78 is 16.2. The van der Waals surface area contributed by atoms with E-state index >= 15 is 0 Å². The zero-order valence-electron chi connectivity index (χ0n) is 14.0. The number of nitrogens with zero attached hydrogens (tertiary/aromatic N) is 4. The van der Waals surface area contributed by atoms with Crippen LogP contribution in [0.3, 0.4) is 0 Å². The molecule has 0 unspecified atom stereocenters. The zero-order chi connectivity index (χ0) is 18.1. The third-order valence-corrected chi connectivity index (χ3v) is 4.04. The van der Waals surface area contributed by atoms with Crippen LogP contribution in [-0.2, 0) is 0 Å². The molecule has 0 amide bonds. The predicted octanol–water partition coefficient (Wildman–Crippen LogP) is 3.67. The lowest BCUT2D eigenvalue weighted by Gasteiger charge is -2.08. The van der Waals surface area contributed by atoms with E-state index in [0.29, 0.717) is 34.6 Å². The minimum atomic E-state index is 0.224. The minimum Gasteiger partial charge on any atom is -0.454 e. The van der Waals surface area contributed by atoms with Crippen molar-refractivity contribution >= 4 is 11.5 Å². The Bertz CT molecular complexity index is 1100. The molecule has 8 nitrogen and oxygen atoms in total.